The molecule has 0 radical (unpaired) electrons. The van der Waals surface area contributed by atoms with Crippen molar-refractivity contribution < 1.29 is 9.90 Å². The van der Waals surface area contributed by atoms with Crippen molar-refractivity contribution in [3.8, 4) is 11.3 Å². The molecule has 2 aromatic carbocycles. The van der Waals surface area contributed by atoms with E-state index in [4.69, 9.17) is 5.11 Å². The van der Waals surface area contributed by atoms with Crippen LogP contribution in [-0.4, -0.2) is 20.6 Å². The number of aryl methyl sites for hydroxylation is 1. The monoisotopic (exact) mass is 318 g/mol. The first kappa shape index (κ1) is 15.7. The molecule has 4 nitrogen and oxygen atoms in total. The number of imidazole rings is 1. The third-order valence-electron chi connectivity index (χ3n) is 3.80. The van der Waals surface area contributed by atoms with Crippen molar-refractivity contribution in [3.05, 3.63) is 83.8 Å². The Balaban J connectivity index is 1.77. The zero-order valence-corrected chi connectivity index (χ0v) is 13.4. The van der Waals surface area contributed by atoms with Crippen molar-refractivity contribution in [2.24, 2.45) is 0 Å². The van der Waals surface area contributed by atoms with Crippen LogP contribution in [0.2, 0.25) is 0 Å². The van der Waals surface area contributed by atoms with Crippen LogP contribution in [0, 0.1) is 6.92 Å². The summed E-state index contributed by atoms with van der Waals surface area (Å²) in [6.45, 7) is 2.73. The minimum absolute atomic E-state index is 0.731. The van der Waals surface area contributed by atoms with E-state index in [9.17, 15) is 4.79 Å². The minimum Gasteiger partial charge on any atom is -0.478 e. The second kappa shape index (κ2) is 6.96. The number of rotatable bonds is 5. The molecule has 1 aromatic heterocycles. The molecule has 0 bridgehead atoms. The second-order valence-electron chi connectivity index (χ2n) is 5.58. The molecule has 0 saturated carbocycles. The van der Waals surface area contributed by atoms with Gasteiger partial charge in [-0.25, -0.2) is 9.78 Å². The molecular formula is C20H18N2O2. The van der Waals surface area contributed by atoms with Gasteiger partial charge in [-0.1, -0.05) is 54.6 Å². The highest BCUT2D eigenvalue weighted by atomic mass is 16.4. The Hall–Kier alpha value is -3.14. The van der Waals surface area contributed by atoms with E-state index in [0.29, 0.717) is 0 Å². The lowest BCUT2D eigenvalue weighted by Gasteiger charge is -2.05. The van der Waals surface area contributed by atoms with Crippen LogP contribution in [0.3, 0.4) is 0 Å². The lowest BCUT2D eigenvalue weighted by molar-refractivity contribution is -0.131. The fraction of sp³-hybridized carbons (Fsp3) is 0.100. The highest BCUT2D eigenvalue weighted by molar-refractivity contribution is 5.85. The number of hydrogen-bond donors (Lipinski definition) is 1. The van der Waals surface area contributed by atoms with E-state index in [1.54, 1.807) is 6.08 Å². The zero-order chi connectivity index (χ0) is 16.9. The zero-order valence-electron chi connectivity index (χ0n) is 13.4. The minimum atomic E-state index is -0.943. The van der Waals surface area contributed by atoms with Gasteiger partial charge in [0.2, 0.25) is 0 Å². The van der Waals surface area contributed by atoms with Crippen LogP contribution >= 0.6 is 0 Å². The fourth-order valence-electron chi connectivity index (χ4n) is 2.51. The molecule has 120 valence electrons. The first-order chi connectivity index (χ1) is 11.6. The molecule has 24 heavy (non-hydrogen) atoms. The largest absolute Gasteiger partial charge is 0.478 e. The average molecular weight is 318 g/mol. The van der Waals surface area contributed by atoms with Gasteiger partial charge in [0, 0.05) is 24.4 Å². The Bertz CT molecular complexity index is 862. The summed E-state index contributed by atoms with van der Waals surface area (Å²) < 4.78 is 2.12. The van der Waals surface area contributed by atoms with Crippen LogP contribution in [0.5, 0.6) is 0 Å². The Morgan fingerprint density at radius 2 is 1.83 bits per heavy atom. The van der Waals surface area contributed by atoms with Gasteiger partial charge in [-0.05, 0) is 24.1 Å². The summed E-state index contributed by atoms with van der Waals surface area (Å²) in [5.74, 6) is 0.0188. The van der Waals surface area contributed by atoms with Gasteiger partial charge in [-0.3, -0.25) is 0 Å². The molecule has 3 rings (SSSR count). The summed E-state index contributed by atoms with van der Waals surface area (Å²) in [6.07, 6.45) is 4.78. The molecule has 0 aliphatic rings. The number of benzene rings is 2. The molecule has 1 N–H and O–H groups in total. The van der Waals surface area contributed by atoms with Crippen LogP contribution in [0.15, 0.2) is 66.9 Å². The molecule has 0 spiro atoms. The predicted molar refractivity (Wildman–Crippen MR) is 94.6 cm³/mol. The van der Waals surface area contributed by atoms with Crippen LogP contribution < -0.4 is 0 Å². The van der Waals surface area contributed by atoms with Crippen molar-refractivity contribution in [1.82, 2.24) is 9.55 Å². The molecule has 0 aliphatic carbocycles. The Morgan fingerprint density at radius 1 is 1.12 bits per heavy atom. The molecule has 0 aliphatic heterocycles. The first-order valence-corrected chi connectivity index (χ1v) is 7.71. The molecule has 0 saturated heterocycles. The molecule has 0 fully saturated rings. The molecule has 0 unspecified atom stereocenters. The first-order valence-electron chi connectivity index (χ1n) is 7.71. The smallest absolute Gasteiger partial charge is 0.328 e. The number of aromatic nitrogens is 2. The van der Waals surface area contributed by atoms with E-state index in [2.05, 4.69) is 27.9 Å². The van der Waals surface area contributed by atoms with Gasteiger partial charge < -0.3 is 9.67 Å². The lowest BCUT2D eigenvalue weighted by Crippen LogP contribution is -2.00. The molecular weight excluding hydrogens is 300 g/mol. The Kier molecular flexibility index (Phi) is 4.57. The van der Waals surface area contributed by atoms with Gasteiger partial charge in [0.1, 0.15) is 5.82 Å². The van der Waals surface area contributed by atoms with Crippen molar-refractivity contribution in [2.75, 3.05) is 0 Å². The van der Waals surface area contributed by atoms with Crippen molar-refractivity contribution in [3.63, 3.8) is 0 Å². The Labute approximate surface area is 140 Å². The lowest BCUT2D eigenvalue weighted by atomic mass is 10.1. The summed E-state index contributed by atoms with van der Waals surface area (Å²) in [5, 5.41) is 8.65. The van der Waals surface area contributed by atoms with Crippen LogP contribution in [0.1, 0.15) is 17.0 Å². The highest BCUT2D eigenvalue weighted by Crippen LogP contribution is 2.19. The topological polar surface area (TPSA) is 55.1 Å². The average Bonchev–Trinajstić information content (AvgIpc) is 2.96. The van der Waals surface area contributed by atoms with E-state index in [0.717, 1.165) is 40.8 Å². The normalized spacial score (nSPS) is 11.0. The maximum absolute atomic E-state index is 10.5. The summed E-state index contributed by atoms with van der Waals surface area (Å²) in [5.41, 5.74) is 4.08. The maximum Gasteiger partial charge on any atom is 0.328 e. The number of carboxylic acid groups (broad SMARTS) is 1. The van der Waals surface area contributed by atoms with Crippen molar-refractivity contribution in [1.29, 1.82) is 0 Å². The summed E-state index contributed by atoms with van der Waals surface area (Å²) in [4.78, 5) is 15.2. The van der Waals surface area contributed by atoms with E-state index in [1.165, 1.54) is 0 Å². The summed E-state index contributed by atoms with van der Waals surface area (Å²) in [6, 6.07) is 17.9. The van der Waals surface area contributed by atoms with Crippen molar-refractivity contribution >= 4 is 12.0 Å². The highest BCUT2D eigenvalue weighted by Gasteiger charge is 2.06. The van der Waals surface area contributed by atoms with E-state index >= 15 is 0 Å². The second-order valence-corrected chi connectivity index (χ2v) is 5.58. The number of hydrogen-bond acceptors (Lipinski definition) is 2. The molecule has 3 aromatic rings. The summed E-state index contributed by atoms with van der Waals surface area (Å²) in [7, 11) is 0. The van der Waals surface area contributed by atoms with Gasteiger partial charge in [-0.2, -0.15) is 0 Å². The molecule has 1 heterocycles. The summed E-state index contributed by atoms with van der Waals surface area (Å²) >= 11 is 0. The van der Waals surface area contributed by atoms with Gasteiger partial charge in [0.05, 0.1) is 5.69 Å². The fourth-order valence-corrected chi connectivity index (χ4v) is 2.51. The van der Waals surface area contributed by atoms with E-state index in [1.807, 2.05) is 49.4 Å². The van der Waals surface area contributed by atoms with Crippen LogP contribution in [0.25, 0.3) is 17.3 Å². The third-order valence-corrected chi connectivity index (χ3v) is 3.80. The van der Waals surface area contributed by atoms with E-state index < -0.39 is 5.97 Å². The molecule has 0 amide bonds. The van der Waals surface area contributed by atoms with Gasteiger partial charge in [0.25, 0.3) is 0 Å². The molecule has 4 heteroatoms. The number of aliphatic carboxylic acids is 1. The SMILES string of the molecule is Cc1nc(-c2ccccc2)cn1Cc1ccc(C=CC(=O)O)cc1. The quantitative estimate of drug-likeness (QED) is 0.723. The predicted octanol–water partition coefficient (Wildman–Crippen LogP) is 4.00. The molecule has 0 atom stereocenters. The Morgan fingerprint density at radius 3 is 2.50 bits per heavy atom. The van der Waals surface area contributed by atoms with Crippen LogP contribution in [0.4, 0.5) is 0 Å². The number of nitrogens with zero attached hydrogens (tertiary/aromatic N) is 2. The maximum atomic E-state index is 10.5. The van der Waals surface area contributed by atoms with Gasteiger partial charge in [-0.15, -0.1) is 0 Å². The third kappa shape index (κ3) is 3.79. The van der Waals surface area contributed by atoms with Gasteiger partial charge >= 0.3 is 5.97 Å². The number of carboxylic acids is 1. The van der Waals surface area contributed by atoms with E-state index in [-0.39, 0.29) is 0 Å². The van der Waals surface area contributed by atoms with Crippen molar-refractivity contribution in [2.45, 2.75) is 13.5 Å². The van der Waals surface area contributed by atoms with Gasteiger partial charge in [0.15, 0.2) is 0 Å². The standard InChI is InChI=1S/C20H18N2O2/c1-15-21-19(18-5-3-2-4-6-18)14-22(15)13-17-9-7-16(8-10-17)11-12-20(23)24/h2-12,14H,13H2,1H3,(H,23,24). The van der Waals surface area contributed by atoms with Crippen LogP contribution in [-0.2, 0) is 11.3 Å². The number of carbonyl (C=O) groups is 1.